The molecule has 0 spiro atoms. The molecule has 1 N–H and O–H groups in total. The van der Waals surface area contributed by atoms with E-state index >= 15 is 0 Å². The molecule has 1 unspecified atom stereocenters. The number of carbonyl (C=O) groups is 1. The van der Waals surface area contributed by atoms with Crippen LogP contribution in [0.4, 0.5) is 19.0 Å². The number of hydrogen-bond donors (Lipinski definition) is 1. The first-order valence-electron chi connectivity index (χ1n) is 7.06. The summed E-state index contributed by atoms with van der Waals surface area (Å²) < 4.78 is 44.8. The highest BCUT2D eigenvalue weighted by Crippen LogP contribution is 2.35. The molecule has 1 saturated heterocycles. The Morgan fingerprint density at radius 2 is 2.30 bits per heavy atom. The van der Waals surface area contributed by atoms with Gasteiger partial charge in [-0.2, -0.15) is 13.2 Å². The number of nitrogens with zero attached hydrogens (tertiary/aromatic N) is 3. The average Bonchev–Trinajstić information content (AvgIpc) is 2.45. The third-order valence-electron chi connectivity index (χ3n) is 3.45. The first-order valence-corrected chi connectivity index (χ1v) is 7.06. The van der Waals surface area contributed by atoms with Crippen molar-refractivity contribution in [3.63, 3.8) is 0 Å². The molecule has 23 heavy (non-hydrogen) atoms. The molecule has 128 valence electrons. The Morgan fingerprint density at radius 3 is 2.96 bits per heavy atom. The van der Waals surface area contributed by atoms with Gasteiger partial charge in [0.15, 0.2) is 0 Å². The zero-order valence-corrected chi connectivity index (χ0v) is 12.6. The van der Waals surface area contributed by atoms with Crippen molar-refractivity contribution in [1.82, 2.24) is 9.88 Å². The first-order chi connectivity index (χ1) is 10.8. The molecule has 1 fully saturated rings. The molecular formula is C14H18F3N3O3. The number of aliphatic carboxylic acids is 1. The van der Waals surface area contributed by atoms with Crippen molar-refractivity contribution in [2.75, 3.05) is 44.7 Å². The molecule has 0 bridgehead atoms. The second-order valence-corrected chi connectivity index (χ2v) is 5.40. The highest BCUT2D eigenvalue weighted by molar-refractivity contribution is 5.69. The summed E-state index contributed by atoms with van der Waals surface area (Å²) in [6, 6.07) is 2.26. The van der Waals surface area contributed by atoms with Crippen molar-refractivity contribution >= 4 is 11.8 Å². The maximum Gasteiger partial charge on any atom is 0.419 e. The van der Waals surface area contributed by atoms with Gasteiger partial charge in [0.05, 0.1) is 24.8 Å². The molecule has 1 aliphatic heterocycles. The fourth-order valence-electron chi connectivity index (χ4n) is 2.54. The van der Waals surface area contributed by atoms with Crippen LogP contribution in [-0.2, 0) is 15.7 Å². The molecule has 6 nitrogen and oxygen atoms in total. The molecule has 0 aliphatic carbocycles. The monoisotopic (exact) mass is 333 g/mol. The number of pyridine rings is 1. The summed E-state index contributed by atoms with van der Waals surface area (Å²) in [6.45, 7) is 0.955. The van der Waals surface area contributed by atoms with Gasteiger partial charge in [-0.3, -0.25) is 9.69 Å². The van der Waals surface area contributed by atoms with Crippen LogP contribution in [0.3, 0.4) is 0 Å². The van der Waals surface area contributed by atoms with E-state index in [9.17, 15) is 18.0 Å². The number of rotatable bonds is 5. The number of carboxylic acid groups (broad SMARTS) is 1. The standard InChI is InChI=1S/C14H18F3N3O3/c1-19(9-12(21)22)7-10-8-20(5-6-23-10)13-11(14(15,16)17)3-2-4-18-13/h2-4,10H,5-9H2,1H3,(H,21,22). The maximum atomic E-state index is 13.1. The third kappa shape index (κ3) is 4.80. The number of anilines is 1. The van der Waals surface area contributed by atoms with Gasteiger partial charge in [-0.05, 0) is 19.2 Å². The molecule has 1 atom stereocenters. The van der Waals surface area contributed by atoms with Crippen LogP contribution in [0.15, 0.2) is 18.3 Å². The minimum Gasteiger partial charge on any atom is -0.480 e. The Hall–Kier alpha value is -1.87. The Bertz CT molecular complexity index is 554. The van der Waals surface area contributed by atoms with E-state index < -0.39 is 17.7 Å². The van der Waals surface area contributed by atoms with E-state index in [4.69, 9.17) is 9.84 Å². The summed E-state index contributed by atoms with van der Waals surface area (Å²) >= 11 is 0. The molecule has 1 aromatic rings. The molecular weight excluding hydrogens is 315 g/mol. The van der Waals surface area contributed by atoms with E-state index in [0.717, 1.165) is 6.07 Å². The van der Waals surface area contributed by atoms with Crippen LogP contribution >= 0.6 is 0 Å². The molecule has 0 aromatic carbocycles. The first kappa shape index (κ1) is 17.5. The minimum atomic E-state index is -4.47. The van der Waals surface area contributed by atoms with E-state index in [1.807, 2.05) is 0 Å². The van der Waals surface area contributed by atoms with E-state index in [2.05, 4.69) is 4.98 Å². The summed E-state index contributed by atoms with van der Waals surface area (Å²) in [6.07, 6.45) is -3.53. The molecule has 1 aliphatic rings. The summed E-state index contributed by atoms with van der Waals surface area (Å²) in [7, 11) is 1.62. The minimum absolute atomic E-state index is 0.116. The predicted molar refractivity (Wildman–Crippen MR) is 76.3 cm³/mol. The Kier molecular flexibility index (Phi) is 5.42. The molecule has 2 heterocycles. The number of ether oxygens (including phenoxy) is 1. The SMILES string of the molecule is CN(CC(=O)O)CC1CN(c2ncccc2C(F)(F)F)CCO1. The van der Waals surface area contributed by atoms with Gasteiger partial charge in [-0.25, -0.2) is 4.98 Å². The van der Waals surface area contributed by atoms with Crippen LogP contribution in [0.25, 0.3) is 0 Å². The van der Waals surface area contributed by atoms with Crippen molar-refractivity contribution in [2.45, 2.75) is 12.3 Å². The summed E-state index contributed by atoms with van der Waals surface area (Å²) in [5, 5.41) is 8.74. The summed E-state index contributed by atoms with van der Waals surface area (Å²) in [5.74, 6) is -1.08. The number of halogens is 3. The number of aromatic nitrogens is 1. The van der Waals surface area contributed by atoms with Crippen LogP contribution in [0, 0.1) is 0 Å². The van der Waals surface area contributed by atoms with Crippen molar-refractivity contribution in [1.29, 1.82) is 0 Å². The van der Waals surface area contributed by atoms with Gasteiger partial charge in [0, 0.05) is 25.8 Å². The molecule has 2 rings (SSSR count). The number of likely N-dealkylation sites (N-methyl/N-ethyl adjacent to an activating group) is 1. The van der Waals surface area contributed by atoms with Gasteiger partial charge in [-0.15, -0.1) is 0 Å². The number of carboxylic acids is 1. The highest BCUT2D eigenvalue weighted by atomic mass is 19.4. The Labute approximate surface area is 131 Å². The quantitative estimate of drug-likeness (QED) is 0.877. The lowest BCUT2D eigenvalue weighted by atomic mass is 10.2. The topological polar surface area (TPSA) is 65.9 Å². The maximum absolute atomic E-state index is 13.1. The van der Waals surface area contributed by atoms with Crippen LogP contribution in [0.1, 0.15) is 5.56 Å². The number of alkyl halides is 3. The normalized spacial score (nSPS) is 19.2. The van der Waals surface area contributed by atoms with Crippen LogP contribution < -0.4 is 4.90 Å². The van der Waals surface area contributed by atoms with E-state index in [1.165, 1.54) is 17.2 Å². The predicted octanol–water partition coefficient (Wildman–Crippen LogP) is 1.32. The zero-order valence-electron chi connectivity index (χ0n) is 12.6. The third-order valence-corrected chi connectivity index (χ3v) is 3.45. The lowest BCUT2D eigenvalue weighted by Gasteiger charge is -2.36. The smallest absolute Gasteiger partial charge is 0.419 e. The Balaban J connectivity index is 2.08. The second kappa shape index (κ2) is 7.14. The van der Waals surface area contributed by atoms with Gasteiger partial charge in [-0.1, -0.05) is 0 Å². The van der Waals surface area contributed by atoms with Crippen molar-refractivity contribution in [2.24, 2.45) is 0 Å². The van der Waals surface area contributed by atoms with E-state index in [0.29, 0.717) is 13.1 Å². The fraction of sp³-hybridized carbons (Fsp3) is 0.571. The van der Waals surface area contributed by atoms with E-state index in [-0.39, 0.29) is 31.6 Å². The Morgan fingerprint density at radius 1 is 1.57 bits per heavy atom. The van der Waals surface area contributed by atoms with Gasteiger partial charge < -0.3 is 14.7 Å². The summed E-state index contributed by atoms with van der Waals surface area (Å²) in [5.41, 5.74) is -0.778. The lowest BCUT2D eigenvalue weighted by Crippen LogP contribution is -2.48. The lowest BCUT2D eigenvalue weighted by molar-refractivity contribution is -0.139. The number of hydrogen-bond acceptors (Lipinski definition) is 5. The van der Waals surface area contributed by atoms with Crippen molar-refractivity contribution < 1.29 is 27.8 Å². The van der Waals surface area contributed by atoms with Gasteiger partial charge in [0.1, 0.15) is 5.82 Å². The van der Waals surface area contributed by atoms with Gasteiger partial charge in [0.25, 0.3) is 0 Å². The molecule has 0 saturated carbocycles. The van der Waals surface area contributed by atoms with E-state index in [1.54, 1.807) is 11.9 Å². The number of morpholine rings is 1. The highest BCUT2D eigenvalue weighted by Gasteiger charge is 2.36. The fourth-order valence-corrected chi connectivity index (χ4v) is 2.54. The van der Waals surface area contributed by atoms with Crippen molar-refractivity contribution in [3.05, 3.63) is 23.9 Å². The van der Waals surface area contributed by atoms with Crippen LogP contribution in [0.2, 0.25) is 0 Å². The zero-order chi connectivity index (χ0) is 17.0. The summed E-state index contributed by atoms with van der Waals surface area (Å²) in [4.78, 5) is 17.6. The average molecular weight is 333 g/mol. The molecule has 9 heteroatoms. The van der Waals surface area contributed by atoms with Gasteiger partial charge in [0.2, 0.25) is 0 Å². The molecule has 0 radical (unpaired) electrons. The second-order valence-electron chi connectivity index (χ2n) is 5.40. The largest absolute Gasteiger partial charge is 0.480 e. The van der Waals surface area contributed by atoms with Crippen LogP contribution in [-0.4, -0.2) is 66.9 Å². The molecule has 0 amide bonds. The molecule has 1 aromatic heterocycles. The van der Waals surface area contributed by atoms with Gasteiger partial charge >= 0.3 is 12.1 Å². The van der Waals surface area contributed by atoms with Crippen molar-refractivity contribution in [3.8, 4) is 0 Å². The van der Waals surface area contributed by atoms with Crippen LogP contribution in [0.5, 0.6) is 0 Å².